The molecule has 0 amide bonds. The van der Waals surface area contributed by atoms with Gasteiger partial charge in [-0.2, -0.15) is 0 Å². The first-order valence-corrected chi connectivity index (χ1v) is 4.59. The molecular formula is C11H12O2. The Labute approximate surface area is 77.5 Å². The fourth-order valence-corrected chi connectivity index (χ4v) is 1.74. The van der Waals surface area contributed by atoms with Crippen molar-refractivity contribution in [3.05, 3.63) is 29.3 Å². The van der Waals surface area contributed by atoms with Gasteiger partial charge in [-0.25, -0.2) is 0 Å². The van der Waals surface area contributed by atoms with Crippen LogP contribution in [-0.4, -0.2) is 12.9 Å². The highest BCUT2D eigenvalue weighted by Crippen LogP contribution is 2.28. The fourth-order valence-electron chi connectivity index (χ4n) is 1.74. The Morgan fingerprint density at radius 2 is 2.38 bits per heavy atom. The molecule has 68 valence electrons. The zero-order valence-corrected chi connectivity index (χ0v) is 7.45. The standard InChI is InChI=1S/C11H12O2/c12-7-2-4-9-3-1-5-11-10(9)6-8-13-11/h1,3,5,7H,2,4,6,8H2. The molecule has 1 aliphatic heterocycles. The summed E-state index contributed by atoms with van der Waals surface area (Å²) in [5.41, 5.74) is 2.56. The average molecular weight is 176 g/mol. The van der Waals surface area contributed by atoms with E-state index in [0.29, 0.717) is 6.42 Å². The van der Waals surface area contributed by atoms with E-state index in [1.165, 1.54) is 11.1 Å². The Kier molecular flexibility index (Phi) is 2.30. The Bertz CT molecular complexity index is 318. The van der Waals surface area contributed by atoms with Crippen molar-refractivity contribution in [3.8, 4) is 5.75 Å². The first kappa shape index (κ1) is 8.30. The highest BCUT2D eigenvalue weighted by Gasteiger charge is 2.14. The fraction of sp³-hybridized carbons (Fsp3) is 0.364. The van der Waals surface area contributed by atoms with Crippen molar-refractivity contribution in [1.29, 1.82) is 0 Å². The first-order chi connectivity index (χ1) is 6.42. The van der Waals surface area contributed by atoms with E-state index in [1.54, 1.807) is 0 Å². The zero-order valence-electron chi connectivity index (χ0n) is 7.45. The van der Waals surface area contributed by atoms with E-state index >= 15 is 0 Å². The molecule has 0 radical (unpaired) electrons. The summed E-state index contributed by atoms with van der Waals surface area (Å²) in [6.45, 7) is 0.785. The van der Waals surface area contributed by atoms with Crippen molar-refractivity contribution >= 4 is 6.29 Å². The molecule has 0 saturated heterocycles. The molecule has 0 saturated carbocycles. The average Bonchev–Trinajstić information content (AvgIpc) is 2.62. The normalized spacial score (nSPS) is 13.5. The Balaban J connectivity index is 2.25. The van der Waals surface area contributed by atoms with Crippen LogP contribution in [0.15, 0.2) is 18.2 Å². The smallest absolute Gasteiger partial charge is 0.122 e. The molecule has 1 heterocycles. The van der Waals surface area contributed by atoms with E-state index in [4.69, 9.17) is 4.74 Å². The van der Waals surface area contributed by atoms with Crippen LogP contribution in [0, 0.1) is 0 Å². The van der Waals surface area contributed by atoms with Gasteiger partial charge in [-0.15, -0.1) is 0 Å². The summed E-state index contributed by atoms with van der Waals surface area (Å²) in [7, 11) is 0. The first-order valence-electron chi connectivity index (χ1n) is 4.59. The molecule has 0 aliphatic carbocycles. The maximum absolute atomic E-state index is 10.2. The molecule has 1 aromatic carbocycles. The highest BCUT2D eigenvalue weighted by atomic mass is 16.5. The zero-order chi connectivity index (χ0) is 9.10. The third-order valence-electron chi connectivity index (χ3n) is 2.37. The van der Waals surface area contributed by atoms with Gasteiger partial charge in [0.2, 0.25) is 0 Å². The predicted octanol–water partition coefficient (Wildman–Crippen LogP) is 1.75. The largest absolute Gasteiger partial charge is 0.493 e. The van der Waals surface area contributed by atoms with Gasteiger partial charge in [0.25, 0.3) is 0 Å². The number of ether oxygens (including phenoxy) is 1. The molecule has 0 atom stereocenters. The summed E-state index contributed by atoms with van der Waals surface area (Å²) in [5, 5.41) is 0. The van der Waals surface area contributed by atoms with Crippen LogP contribution in [0.4, 0.5) is 0 Å². The van der Waals surface area contributed by atoms with Crippen molar-refractivity contribution in [1.82, 2.24) is 0 Å². The van der Waals surface area contributed by atoms with Crippen molar-refractivity contribution in [3.63, 3.8) is 0 Å². The minimum absolute atomic E-state index is 0.608. The van der Waals surface area contributed by atoms with E-state index in [0.717, 1.165) is 31.5 Å². The number of aldehydes is 1. The third kappa shape index (κ3) is 1.57. The SMILES string of the molecule is O=CCCc1cccc2c1CCO2. The molecule has 0 aromatic heterocycles. The number of hydrogen-bond donors (Lipinski definition) is 0. The summed E-state index contributed by atoms with van der Waals surface area (Å²) in [6.07, 6.45) is 3.41. The molecule has 2 nitrogen and oxygen atoms in total. The number of hydrogen-bond acceptors (Lipinski definition) is 2. The van der Waals surface area contributed by atoms with Crippen molar-refractivity contribution in [2.45, 2.75) is 19.3 Å². The summed E-state index contributed by atoms with van der Waals surface area (Å²) in [6, 6.07) is 6.06. The van der Waals surface area contributed by atoms with Gasteiger partial charge >= 0.3 is 0 Å². The Morgan fingerprint density at radius 1 is 1.46 bits per heavy atom. The monoisotopic (exact) mass is 176 g/mol. The molecule has 2 rings (SSSR count). The minimum Gasteiger partial charge on any atom is -0.493 e. The van der Waals surface area contributed by atoms with Gasteiger partial charge < -0.3 is 9.53 Å². The van der Waals surface area contributed by atoms with Crippen LogP contribution in [0.5, 0.6) is 5.75 Å². The van der Waals surface area contributed by atoms with Crippen LogP contribution in [0.3, 0.4) is 0 Å². The molecule has 0 N–H and O–H groups in total. The van der Waals surface area contributed by atoms with E-state index in [-0.39, 0.29) is 0 Å². The Morgan fingerprint density at radius 3 is 3.23 bits per heavy atom. The number of benzene rings is 1. The number of carbonyl (C=O) groups excluding carboxylic acids is 1. The third-order valence-corrected chi connectivity index (χ3v) is 2.37. The maximum Gasteiger partial charge on any atom is 0.122 e. The molecule has 0 spiro atoms. The van der Waals surface area contributed by atoms with Gasteiger partial charge in [0.15, 0.2) is 0 Å². The van der Waals surface area contributed by atoms with Gasteiger partial charge in [-0.3, -0.25) is 0 Å². The number of fused-ring (bicyclic) bond motifs is 1. The molecule has 1 aliphatic rings. The lowest BCUT2D eigenvalue weighted by molar-refractivity contribution is -0.107. The maximum atomic E-state index is 10.2. The van der Waals surface area contributed by atoms with Crippen LogP contribution in [0.1, 0.15) is 17.5 Å². The number of rotatable bonds is 3. The molecule has 1 aromatic rings. The lowest BCUT2D eigenvalue weighted by Crippen LogP contribution is -1.92. The molecule has 0 unspecified atom stereocenters. The van der Waals surface area contributed by atoms with Crippen LogP contribution >= 0.6 is 0 Å². The summed E-state index contributed by atoms with van der Waals surface area (Å²) in [5.74, 6) is 1.00. The van der Waals surface area contributed by atoms with E-state index in [2.05, 4.69) is 6.07 Å². The van der Waals surface area contributed by atoms with Crippen LogP contribution in [0.2, 0.25) is 0 Å². The molecule has 13 heavy (non-hydrogen) atoms. The number of carbonyl (C=O) groups is 1. The lowest BCUT2D eigenvalue weighted by Gasteiger charge is -2.04. The number of aryl methyl sites for hydroxylation is 1. The highest BCUT2D eigenvalue weighted by molar-refractivity contribution is 5.51. The summed E-state index contributed by atoms with van der Waals surface area (Å²) >= 11 is 0. The lowest BCUT2D eigenvalue weighted by atomic mass is 10.0. The molecule has 2 heteroatoms. The summed E-state index contributed by atoms with van der Waals surface area (Å²) in [4.78, 5) is 10.2. The van der Waals surface area contributed by atoms with Crippen LogP contribution in [-0.2, 0) is 17.6 Å². The van der Waals surface area contributed by atoms with Gasteiger partial charge in [0.05, 0.1) is 6.61 Å². The minimum atomic E-state index is 0.608. The molecular weight excluding hydrogens is 164 g/mol. The van der Waals surface area contributed by atoms with Gasteiger partial charge in [0, 0.05) is 18.4 Å². The van der Waals surface area contributed by atoms with E-state index in [9.17, 15) is 4.79 Å². The van der Waals surface area contributed by atoms with Gasteiger partial charge in [-0.05, 0) is 18.1 Å². The molecule has 0 fully saturated rings. The van der Waals surface area contributed by atoms with E-state index in [1.807, 2.05) is 12.1 Å². The van der Waals surface area contributed by atoms with E-state index < -0.39 is 0 Å². The second-order valence-corrected chi connectivity index (χ2v) is 3.20. The second-order valence-electron chi connectivity index (χ2n) is 3.20. The molecule has 0 bridgehead atoms. The topological polar surface area (TPSA) is 26.3 Å². The predicted molar refractivity (Wildman–Crippen MR) is 50.0 cm³/mol. The van der Waals surface area contributed by atoms with Gasteiger partial charge in [0.1, 0.15) is 12.0 Å². The van der Waals surface area contributed by atoms with Gasteiger partial charge in [-0.1, -0.05) is 12.1 Å². The van der Waals surface area contributed by atoms with Crippen LogP contribution < -0.4 is 4.74 Å². The van der Waals surface area contributed by atoms with Crippen molar-refractivity contribution in [2.24, 2.45) is 0 Å². The quantitative estimate of drug-likeness (QED) is 0.656. The second kappa shape index (κ2) is 3.60. The van der Waals surface area contributed by atoms with Crippen molar-refractivity contribution in [2.75, 3.05) is 6.61 Å². The Hall–Kier alpha value is -1.31. The van der Waals surface area contributed by atoms with Crippen molar-refractivity contribution < 1.29 is 9.53 Å². The van der Waals surface area contributed by atoms with Crippen LogP contribution in [0.25, 0.3) is 0 Å². The summed E-state index contributed by atoms with van der Waals surface area (Å²) < 4.78 is 5.43.